The van der Waals surface area contributed by atoms with Gasteiger partial charge in [0.25, 0.3) is 0 Å². The van der Waals surface area contributed by atoms with Crippen LogP contribution in [0.15, 0.2) is 28.8 Å². The summed E-state index contributed by atoms with van der Waals surface area (Å²) in [6.45, 7) is 2.33. The lowest BCUT2D eigenvalue weighted by Gasteiger charge is -2.52. The number of nitrogens with zero attached hydrogens (tertiary/aromatic N) is 3. The zero-order valence-electron chi connectivity index (χ0n) is 16.3. The van der Waals surface area contributed by atoms with Gasteiger partial charge in [0.1, 0.15) is 11.7 Å². The first-order valence-corrected chi connectivity index (χ1v) is 10.2. The third kappa shape index (κ3) is 3.07. The molecule has 3 heterocycles. The summed E-state index contributed by atoms with van der Waals surface area (Å²) in [7, 11) is 0. The normalized spacial score (nSPS) is 28.0. The second-order valence-corrected chi connectivity index (χ2v) is 8.42. The summed E-state index contributed by atoms with van der Waals surface area (Å²) in [4.78, 5) is 31.5. The van der Waals surface area contributed by atoms with Crippen LogP contribution >= 0.6 is 0 Å². The Morgan fingerprint density at radius 2 is 2.14 bits per heavy atom. The van der Waals surface area contributed by atoms with E-state index in [1.807, 2.05) is 31.2 Å². The molecule has 1 aromatic carbocycles. The Bertz CT molecular complexity index is 969. The number of benzene rings is 1. The number of piperidine rings is 1. The summed E-state index contributed by atoms with van der Waals surface area (Å²) in [6, 6.07) is 7.57. The molecular formula is C21H24N4O4. The van der Waals surface area contributed by atoms with Crippen molar-refractivity contribution in [1.29, 1.82) is 0 Å². The zero-order chi connectivity index (χ0) is 20.2. The van der Waals surface area contributed by atoms with Gasteiger partial charge in [0.15, 0.2) is 11.5 Å². The van der Waals surface area contributed by atoms with Gasteiger partial charge in [-0.1, -0.05) is 23.4 Å². The number of carbonyl (C=O) groups is 2. The highest BCUT2D eigenvalue weighted by molar-refractivity contribution is 6.01. The number of nitrogens with two attached hydrogens (primary N) is 1. The maximum Gasteiger partial charge on any atom is 0.238 e. The smallest absolute Gasteiger partial charge is 0.238 e. The molecule has 2 bridgehead atoms. The minimum atomic E-state index is -0.877. The molecule has 3 aliphatic rings. The fourth-order valence-electron chi connectivity index (χ4n) is 4.64. The first-order chi connectivity index (χ1) is 14.0. The maximum atomic E-state index is 13.2. The first kappa shape index (κ1) is 18.1. The van der Waals surface area contributed by atoms with E-state index < -0.39 is 17.6 Å². The van der Waals surface area contributed by atoms with Gasteiger partial charge in [-0.2, -0.15) is 4.98 Å². The molecule has 3 atom stereocenters. The number of para-hydroxylation sites is 1. The van der Waals surface area contributed by atoms with E-state index in [9.17, 15) is 9.59 Å². The molecule has 2 aliphatic heterocycles. The van der Waals surface area contributed by atoms with Gasteiger partial charge in [0.2, 0.25) is 17.7 Å². The fraction of sp³-hybridized carbons (Fsp3) is 0.524. The molecule has 29 heavy (non-hydrogen) atoms. The zero-order valence-corrected chi connectivity index (χ0v) is 16.3. The van der Waals surface area contributed by atoms with E-state index in [0.29, 0.717) is 43.4 Å². The number of likely N-dealkylation sites (tertiary alicyclic amines) is 1. The highest BCUT2D eigenvalue weighted by Gasteiger charge is 2.55. The van der Waals surface area contributed by atoms with Gasteiger partial charge < -0.3 is 19.9 Å². The summed E-state index contributed by atoms with van der Waals surface area (Å²) in [5.41, 5.74) is 5.72. The molecule has 2 amide bonds. The Hall–Kier alpha value is -2.90. The number of aryl methyl sites for hydroxylation is 1. The van der Waals surface area contributed by atoms with Crippen molar-refractivity contribution in [2.45, 2.75) is 56.6 Å². The summed E-state index contributed by atoms with van der Waals surface area (Å²) >= 11 is 0. The van der Waals surface area contributed by atoms with Gasteiger partial charge in [-0.05, 0) is 37.8 Å². The van der Waals surface area contributed by atoms with Crippen LogP contribution < -0.4 is 10.5 Å². The lowest BCUT2D eigenvalue weighted by Crippen LogP contribution is -2.64. The number of hydrogen-bond acceptors (Lipinski definition) is 6. The summed E-state index contributed by atoms with van der Waals surface area (Å²) in [5, 5.41) is 4.03. The fourth-order valence-corrected chi connectivity index (χ4v) is 4.64. The van der Waals surface area contributed by atoms with Crippen LogP contribution in [0.5, 0.6) is 5.75 Å². The van der Waals surface area contributed by atoms with Crippen molar-refractivity contribution in [3.63, 3.8) is 0 Å². The number of ether oxygens (including phenoxy) is 1. The van der Waals surface area contributed by atoms with Gasteiger partial charge >= 0.3 is 0 Å². The van der Waals surface area contributed by atoms with Crippen molar-refractivity contribution in [3.8, 4) is 5.75 Å². The molecule has 2 aromatic rings. The predicted molar refractivity (Wildman–Crippen MR) is 102 cm³/mol. The Morgan fingerprint density at radius 1 is 1.34 bits per heavy atom. The molecule has 2 fully saturated rings. The summed E-state index contributed by atoms with van der Waals surface area (Å²) in [5.74, 6) is 0.525. The molecule has 0 radical (unpaired) electrons. The van der Waals surface area contributed by atoms with Crippen molar-refractivity contribution >= 4 is 11.8 Å². The van der Waals surface area contributed by atoms with E-state index in [1.165, 1.54) is 0 Å². The largest absolute Gasteiger partial charge is 0.468 e. The molecule has 5 rings (SSSR count). The highest BCUT2D eigenvalue weighted by Crippen LogP contribution is 2.50. The van der Waals surface area contributed by atoms with Gasteiger partial charge in [-0.3, -0.25) is 9.59 Å². The minimum Gasteiger partial charge on any atom is -0.468 e. The maximum absolute atomic E-state index is 13.2. The van der Waals surface area contributed by atoms with E-state index in [0.717, 1.165) is 24.2 Å². The highest BCUT2D eigenvalue weighted by atomic mass is 16.5. The molecule has 8 nitrogen and oxygen atoms in total. The number of hydrogen-bond donors (Lipinski definition) is 1. The molecule has 1 saturated carbocycles. The van der Waals surface area contributed by atoms with Crippen molar-refractivity contribution in [1.82, 2.24) is 15.0 Å². The topological polar surface area (TPSA) is 112 Å². The number of primary amides is 1. The van der Waals surface area contributed by atoms with Crippen LogP contribution in [0.3, 0.4) is 0 Å². The predicted octanol–water partition coefficient (Wildman–Crippen LogP) is 2.11. The monoisotopic (exact) mass is 396 g/mol. The van der Waals surface area contributed by atoms with E-state index in [2.05, 4.69) is 10.1 Å². The van der Waals surface area contributed by atoms with E-state index in [4.69, 9.17) is 15.0 Å². The lowest BCUT2D eigenvalue weighted by molar-refractivity contribution is -0.175. The van der Waals surface area contributed by atoms with E-state index >= 15 is 0 Å². The van der Waals surface area contributed by atoms with Gasteiger partial charge in [-0.15, -0.1) is 0 Å². The standard InChI is InChI=1S/C21H24N4O4/c1-21-11-14(13-5-2-3-6-15(13)28-21)17(18(22)26)20(27)25(21)10-4-7-16-23-19(24-29-16)12-8-9-12/h2-3,5-6,12,14,17H,4,7-11H2,1H3,(H2,22,26)/t14-,17+,21-/m0/s1. The third-order valence-electron chi connectivity index (χ3n) is 6.26. The van der Waals surface area contributed by atoms with Crippen LogP contribution in [-0.2, 0) is 16.0 Å². The summed E-state index contributed by atoms with van der Waals surface area (Å²) in [6.07, 6.45) is 3.98. The van der Waals surface area contributed by atoms with Crippen molar-refractivity contribution in [2.24, 2.45) is 11.7 Å². The number of fused-ring (bicyclic) bond motifs is 4. The molecule has 1 saturated heterocycles. The molecule has 0 unspecified atom stereocenters. The Morgan fingerprint density at radius 3 is 2.90 bits per heavy atom. The van der Waals surface area contributed by atoms with E-state index in [1.54, 1.807) is 4.90 Å². The molecule has 152 valence electrons. The Balaban J connectivity index is 1.36. The van der Waals surface area contributed by atoms with Crippen LogP contribution in [0.2, 0.25) is 0 Å². The molecule has 1 aliphatic carbocycles. The quantitative estimate of drug-likeness (QED) is 0.749. The number of amides is 2. The number of carbonyl (C=O) groups excluding carboxylic acids is 2. The second kappa shape index (κ2) is 6.57. The average molecular weight is 396 g/mol. The van der Waals surface area contributed by atoms with Crippen molar-refractivity contribution in [2.75, 3.05) is 6.54 Å². The van der Waals surface area contributed by atoms with E-state index in [-0.39, 0.29) is 11.8 Å². The van der Waals surface area contributed by atoms with Gasteiger partial charge in [0.05, 0.1) is 0 Å². The van der Waals surface area contributed by atoms with Crippen LogP contribution in [0.1, 0.15) is 61.7 Å². The summed E-state index contributed by atoms with van der Waals surface area (Å²) < 4.78 is 11.6. The number of rotatable bonds is 6. The van der Waals surface area contributed by atoms with Crippen LogP contribution in [0.4, 0.5) is 0 Å². The SMILES string of the molecule is C[C@@]12C[C@@H](c3ccccc3O1)[C@H](C(N)=O)C(=O)N2CCCc1nc(C2CC2)no1. The Kier molecular flexibility index (Phi) is 4.11. The minimum absolute atomic E-state index is 0.261. The van der Waals surface area contributed by atoms with Gasteiger partial charge in [-0.25, -0.2) is 0 Å². The van der Waals surface area contributed by atoms with Gasteiger partial charge in [0, 0.05) is 31.2 Å². The Labute approximate surface area is 168 Å². The van der Waals surface area contributed by atoms with Crippen molar-refractivity contribution < 1.29 is 18.8 Å². The number of aromatic nitrogens is 2. The molecule has 1 aromatic heterocycles. The van der Waals surface area contributed by atoms with Crippen LogP contribution in [0, 0.1) is 5.92 Å². The third-order valence-corrected chi connectivity index (χ3v) is 6.26. The van der Waals surface area contributed by atoms with Crippen molar-refractivity contribution in [3.05, 3.63) is 41.5 Å². The average Bonchev–Trinajstić information content (AvgIpc) is 3.42. The molecule has 8 heteroatoms. The molecular weight excluding hydrogens is 372 g/mol. The second-order valence-electron chi connectivity index (χ2n) is 8.42. The molecule has 2 N–H and O–H groups in total. The van der Waals surface area contributed by atoms with Crippen LogP contribution in [-0.4, -0.2) is 39.1 Å². The van der Waals surface area contributed by atoms with Crippen LogP contribution in [0.25, 0.3) is 0 Å². The first-order valence-electron chi connectivity index (χ1n) is 10.2. The molecule has 0 spiro atoms. The lowest BCUT2D eigenvalue weighted by atomic mass is 9.73.